The lowest BCUT2D eigenvalue weighted by Crippen LogP contribution is -2.27. The summed E-state index contributed by atoms with van der Waals surface area (Å²) in [6.07, 6.45) is 2.48. The van der Waals surface area contributed by atoms with Gasteiger partial charge in [0, 0.05) is 24.3 Å². The van der Waals surface area contributed by atoms with Crippen LogP contribution in [-0.4, -0.2) is 11.3 Å². The van der Waals surface area contributed by atoms with Gasteiger partial charge in [-0.05, 0) is 35.9 Å². The largest absolute Gasteiger partial charge is 0.487 e. The van der Waals surface area contributed by atoms with Crippen LogP contribution in [0.4, 0.5) is 0 Å². The number of hydrogen-bond acceptors (Lipinski definition) is 4. The Kier molecular flexibility index (Phi) is 4.75. The van der Waals surface area contributed by atoms with E-state index in [9.17, 15) is 0 Å². The number of fused-ring (bicyclic) bond motifs is 2. The van der Waals surface area contributed by atoms with Crippen LogP contribution in [0.3, 0.4) is 0 Å². The smallest absolute Gasteiger partial charge is 0.241 e. The molecule has 1 aliphatic rings. The molecule has 3 aromatic carbocycles. The number of rotatable bonds is 5. The molecule has 0 fully saturated rings. The molecule has 0 amide bonds. The van der Waals surface area contributed by atoms with Crippen molar-refractivity contribution in [2.75, 3.05) is 0 Å². The first-order valence-electron chi connectivity index (χ1n) is 9.67. The van der Waals surface area contributed by atoms with Gasteiger partial charge in [0.25, 0.3) is 0 Å². The molecule has 1 aliphatic heterocycles. The molecule has 4 nitrogen and oxygen atoms in total. The lowest BCUT2D eigenvalue weighted by molar-refractivity contribution is -0.000504. The first-order chi connectivity index (χ1) is 14.3. The van der Waals surface area contributed by atoms with E-state index >= 15 is 0 Å². The van der Waals surface area contributed by atoms with E-state index < -0.39 is 0 Å². The SMILES string of the molecule is [CH]1C[C@H](Oc2ccccc2)Oc2cc(OCc3ccc4ccccc4n3)ccc21. The van der Waals surface area contributed by atoms with Crippen LogP contribution in [0, 0.1) is 6.42 Å². The van der Waals surface area contributed by atoms with E-state index in [4.69, 9.17) is 14.2 Å². The third kappa shape index (κ3) is 4.02. The van der Waals surface area contributed by atoms with Gasteiger partial charge in [0.05, 0.1) is 11.2 Å². The van der Waals surface area contributed by atoms with E-state index in [2.05, 4.69) is 23.5 Å². The fourth-order valence-corrected chi connectivity index (χ4v) is 3.36. The zero-order chi connectivity index (χ0) is 19.5. The maximum absolute atomic E-state index is 6.04. The molecule has 0 saturated heterocycles. The highest BCUT2D eigenvalue weighted by Crippen LogP contribution is 2.33. The quantitative estimate of drug-likeness (QED) is 0.453. The van der Waals surface area contributed by atoms with Gasteiger partial charge in [-0.15, -0.1) is 0 Å². The van der Waals surface area contributed by atoms with Crippen molar-refractivity contribution in [3.63, 3.8) is 0 Å². The highest BCUT2D eigenvalue weighted by molar-refractivity contribution is 5.78. The zero-order valence-corrected chi connectivity index (χ0v) is 15.8. The number of benzene rings is 3. The number of hydrogen-bond donors (Lipinski definition) is 0. The molecule has 5 rings (SSSR count). The Morgan fingerprint density at radius 1 is 0.862 bits per heavy atom. The van der Waals surface area contributed by atoms with Crippen molar-refractivity contribution in [3.8, 4) is 17.2 Å². The van der Waals surface area contributed by atoms with Crippen LogP contribution >= 0.6 is 0 Å². The minimum absolute atomic E-state index is 0.345. The molecular weight excluding hydrogens is 362 g/mol. The topological polar surface area (TPSA) is 40.6 Å². The molecular formula is C25H20NO3. The van der Waals surface area contributed by atoms with Crippen LogP contribution in [0.15, 0.2) is 84.9 Å². The first kappa shape index (κ1) is 17.6. The zero-order valence-electron chi connectivity index (χ0n) is 15.8. The van der Waals surface area contributed by atoms with E-state index in [0.717, 1.165) is 39.4 Å². The Morgan fingerprint density at radius 2 is 1.72 bits per heavy atom. The molecule has 1 aromatic heterocycles. The molecule has 4 heteroatoms. The van der Waals surface area contributed by atoms with Gasteiger partial charge in [-0.25, -0.2) is 4.98 Å². The van der Waals surface area contributed by atoms with Gasteiger partial charge in [0.15, 0.2) is 0 Å². The number of para-hydroxylation sites is 2. The summed E-state index contributed by atoms with van der Waals surface area (Å²) in [6, 6.07) is 27.7. The lowest BCUT2D eigenvalue weighted by atomic mass is 10.1. The van der Waals surface area contributed by atoms with E-state index in [1.807, 2.05) is 72.8 Å². The maximum Gasteiger partial charge on any atom is 0.241 e. The Balaban J connectivity index is 1.27. The summed E-state index contributed by atoms with van der Waals surface area (Å²) in [5.74, 6) is 2.30. The Bertz CT molecular complexity index is 1130. The summed E-state index contributed by atoms with van der Waals surface area (Å²) in [5.41, 5.74) is 2.91. The minimum atomic E-state index is -0.345. The van der Waals surface area contributed by atoms with Gasteiger partial charge in [-0.1, -0.05) is 48.5 Å². The van der Waals surface area contributed by atoms with Crippen LogP contribution in [0.2, 0.25) is 0 Å². The second-order valence-corrected chi connectivity index (χ2v) is 6.90. The number of ether oxygens (including phenoxy) is 3. The van der Waals surface area contributed by atoms with Gasteiger partial charge < -0.3 is 14.2 Å². The normalized spacial score (nSPS) is 15.4. The summed E-state index contributed by atoms with van der Waals surface area (Å²) in [7, 11) is 0. The van der Waals surface area contributed by atoms with Crippen molar-refractivity contribution in [1.82, 2.24) is 4.98 Å². The van der Waals surface area contributed by atoms with Crippen molar-refractivity contribution in [1.29, 1.82) is 0 Å². The molecule has 1 atom stereocenters. The molecule has 0 aliphatic carbocycles. The molecule has 0 bridgehead atoms. The van der Waals surface area contributed by atoms with E-state index in [1.54, 1.807) is 0 Å². The van der Waals surface area contributed by atoms with Gasteiger partial charge in [0.1, 0.15) is 23.9 Å². The summed E-state index contributed by atoms with van der Waals surface area (Å²) < 4.78 is 17.9. The highest BCUT2D eigenvalue weighted by Gasteiger charge is 2.22. The van der Waals surface area contributed by atoms with Crippen molar-refractivity contribution in [2.24, 2.45) is 0 Å². The standard InChI is InChI=1S/C25H20NO3/c1-2-7-21(8-3-1)28-25-15-12-19-11-14-22(16-24(19)29-25)27-17-20-13-10-18-6-4-5-9-23(18)26-20/h1-14,16,25H,15,17H2/t25-/m1/s1. The second kappa shape index (κ2) is 7.84. The number of pyridine rings is 1. The molecule has 0 saturated carbocycles. The Hall–Kier alpha value is -3.53. The minimum Gasteiger partial charge on any atom is -0.487 e. The Morgan fingerprint density at radius 3 is 2.66 bits per heavy atom. The highest BCUT2D eigenvalue weighted by atomic mass is 16.7. The molecule has 0 spiro atoms. The molecule has 1 radical (unpaired) electrons. The molecule has 29 heavy (non-hydrogen) atoms. The van der Waals surface area contributed by atoms with Crippen LogP contribution in [0.1, 0.15) is 17.7 Å². The van der Waals surface area contributed by atoms with Crippen molar-refractivity contribution >= 4 is 10.9 Å². The van der Waals surface area contributed by atoms with Gasteiger partial charge in [0.2, 0.25) is 6.29 Å². The fourth-order valence-electron chi connectivity index (χ4n) is 3.36. The number of aromatic nitrogens is 1. The van der Waals surface area contributed by atoms with E-state index in [-0.39, 0.29) is 6.29 Å². The van der Waals surface area contributed by atoms with Gasteiger partial charge in [-0.3, -0.25) is 0 Å². The molecule has 143 valence electrons. The predicted octanol–water partition coefficient (Wildman–Crippen LogP) is 5.55. The monoisotopic (exact) mass is 382 g/mol. The summed E-state index contributed by atoms with van der Waals surface area (Å²) in [4.78, 5) is 4.65. The predicted molar refractivity (Wildman–Crippen MR) is 112 cm³/mol. The second-order valence-electron chi connectivity index (χ2n) is 6.90. The third-order valence-electron chi connectivity index (χ3n) is 4.83. The average molecular weight is 382 g/mol. The molecule has 2 heterocycles. The van der Waals surface area contributed by atoms with Crippen LogP contribution in [0.5, 0.6) is 17.2 Å². The molecule has 0 N–H and O–H groups in total. The molecule has 0 unspecified atom stereocenters. The average Bonchev–Trinajstić information content (AvgIpc) is 2.78. The van der Waals surface area contributed by atoms with Gasteiger partial charge in [-0.2, -0.15) is 0 Å². The maximum atomic E-state index is 6.04. The van der Waals surface area contributed by atoms with Crippen LogP contribution in [0.25, 0.3) is 10.9 Å². The summed E-state index contributed by atoms with van der Waals surface area (Å²) in [5, 5.41) is 1.12. The summed E-state index contributed by atoms with van der Waals surface area (Å²) >= 11 is 0. The van der Waals surface area contributed by atoms with Crippen molar-refractivity contribution in [3.05, 3.63) is 103 Å². The van der Waals surface area contributed by atoms with Crippen molar-refractivity contribution in [2.45, 2.75) is 19.3 Å². The lowest BCUT2D eigenvalue weighted by Gasteiger charge is -2.26. The van der Waals surface area contributed by atoms with Crippen LogP contribution < -0.4 is 14.2 Å². The molecule has 4 aromatic rings. The van der Waals surface area contributed by atoms with Crippen molar-refractivity contribution < 1.29 is 14.2 Å². The first-order valence-corrected chi connectivity index (χ1v) is 9.67. The summed E-state index contributed by atoms with van der Waals surface area (Å²) in [6.45, 7) is 0.400. The fraction of sp³-hybridized carbons (Fsp3) is 0.120. The Labute approximate surface area is 169 Å². The van der Waals surface area contributed by atoms with Crippen LogP contribution in [-0.2, 0) is 6.61 Å². The van der Waals surface area contributed by atoms with E-state index in [0.29, 0.717) is 13.0 Å². The van der Waals surface area contributed by atoms with E-state index in [1.165, 1.54) is 0 Å². The third-order valence-corrected chi connectivity index (χ3v) is 4.83. The number of nitrogens with zero attached hydrogens (tertiary/aromatic N) is 1. The van der Waals surface area contributed by atoms with Gasteiger partial charge >= 0.3 is 0 Å².